The fourth-order valence-corrected chi connectivity index (χ4v) is 3.00. The van der Waals surface area contributed by atoms with E-state index >= 15 is 0 Å². The van der Waals surface area contributed by atoms with E-state index in [1.54, 1.807) is 0 Å². The van der Waals surface area contributed by atoms with Crippen LogP contribution in [-0.2, 0) is 17.1 Å². The molecule has 5 rings (SSSR count). The molecule has 0 saturated carbocycles. The predicted octanol–water partition coefficient (Wildman–Crippen LogP) is -7.23. The summed E-state index contributed by atoms with van der Waals surface area (Å²) in [6.07, 6.45) is 20.3. The first-order valence-electron chi connectivity index (χ1n) is 7.92. The molecular formula is C20H14Cl3MnN4. The molecule has 0 radical (unpaired) electrons. The second-order valence-corrected chi connectivity index (χ2v) is 5.96. The van der Waals surface area contributed by atoms with Crippen LogP contribution in [-0.4, -0.2) is 28.2 Å². The topological polar surface area (TPSA) is 52.9 Å². The minimum absolute atomic E-state index is 0. The first-order valence-corrected chi connectivity index (χ1v) is 7.92. The van der Waals surface area contributed by atoms with E-state index < -0.39 is 0 Å². The van der Waals surface area contributed by atoms with E-state index in [1.165, 1.54) is 0 Å². The van der Waals surface area contributed by atoms with Gasteiger partial charge < -0.3 is 42.2 Å². The Morgan fingerprint density at radius 1 is 0.679 bits per heavy atom. The van der Waals surface area contributed by atoms with Crippen molar-refractivity contribution < 1.29 is 54.3 Å². The Hall–Kier alpha value is -1.88. The fraction of sp³-hybridized carbons (Fsp3) is 0.0500. The van der Waals surface area contributed by atoms with Crippen LogP contribution in [0.4, 0.5) is 0 Å². The number of nitrogens with one attached hydrogen (secondary N) is 1. The SMILES string of the molecule is C1=CC2=NC1=CC1=NC(C=C1)C=C1C=CC(=N1)C=c1ccc([nH]1)=C2.[Cl-].[Cl-].[Cl-].[Mn+3]. The quantitative estimate of drug-likeness (QED) is 0.366. The molecule has 0 fully saturated rings. The molecule has 8 heteroatoms. The molecule has 8 bridgehead atoms. The summed E-state index contributed by atoms with van der Waals surface area (Å²) in [6.45, 7) is 0. The number of nitrogens with zero attached hydrogens (tertiary/aromatic N) is 3. The molecule has 1 N–H and O–H groups in total. The second kappa shape index (κ2) is 10.1. The van der Waals surface area contributed by atoms with E-state index in [1.807, 2.05) is 60.7 Å². The van der Waals surface area contributed by atoms with Gasteiger partial charge in [0.1, 0.15) is 0 Å². The Balaban J connectivity index is 0.000000980. The zero-order chi connectivity index (χ0) is 15.9. The number of aromatic amines is 1. The number of rotatable bonds is 0. The van der Waals surface area contributed by atoms with Gasteiger partial charge in [0.25, 0.3) is 0 Å². The zero-order valence-corrected chi connectivity index (χ0v) is 17.8. The normalized spacial score (nSPS) is 19.9. The molecule has 4 aliphatic rings. The van der Waals surface area contributed by atoms with Crippen molar-refractivity contribution in [2.45, 2.75) is 6.04 Å². The Labute approximate surface area is 191 Å². The van der Waals surface area contributed by atoms with E-state index in [0.717, 1.165) is 39.2 Å². The summed E-state index contributed by atoms with van der Waals surface area (Å²) in [5.41, 5.74) is 4.67. The molecular weight excluding hydrogens is 458 g/mol. The van der Waals surface area contributed by atoms with Crippen LogP contribution in [0.2, 0.25) is 0 Å². The largest absolute Gasteiger partial charge is 3.00 e. The summed E-state index contributed by atoms with van der Waals surface area (Å²) < 4.78 is 0. The maximum Gasteiger partial charge on any atom is 3.00 e. The molecule has 0 aliphatic carbocycles. The monoisotopic (exact) mass is 470 g/mol. The molecule has 1 atom stereocenters. The van der Waals surface area contributed by atoms with Crippen LogP contribution >= 0.6 is 0 Å². The van der Waals surface area contributed by atoms with Crippen LogP contribution in [0.15, 0.2) is 87.1 Å². The van der Waals surface area contributed by atoms with Gasteiger partial charge in [-0.2, -0.15) is 0 Å². The van der Waals surface area contributed by atoms with Gasteiger partial charge in [0.2, 0.25) is 0 Å². The van der Waals surface area contributed by atoms with Gasteiger partial charge in [0.15, 0.2) is 0 Å². The van der Waals surface area contributed by atoms with Crippen molar-refractivity contribution in [3.63, 3.8) is 0 Å². The van der Waals surface area contributed by atoms with Gasteiger partial charge in [-0.05, 0) is 66.8 Å². The maximum atomic E-state index is 4.68. The molecule has 0 aromatic carbocycles. The van der Waals surface area contributed by atoms with Crippen LogP contribution < -0.4 is 47.9 Å². The standard InChI is InChI=1S/C20H14N4.3ClH.Mn/c1-2-14-10-16-5-6-18(23-16)12-20-8-7-19(24-20)11-17-4-3-15(22-17)9-13(1)21-14;;;;/h1-13,24H;3*1H;/q;;;;+3/p-3. The summed E-state index contributed by atoms with van der Waals surface area (Å²) in [7, 11) is 0. The summed E-state index contributed by atoms with van der Waals surface area (Å²) in [4.78, 5) is 17.3. The number of halogens is 3. The van der Waals surface area contributed by atoms with Crippen LogP contribution in [0, 0.1) is 0 Å². The summed E-state index contributed by atoms with van der Waals surface area (Å²) in [5, 5.41) is 2.05. The number of aromatic nitrogens is 1. The molecule has 142 valence electrons. The molecule has 28 heavy (non-hydrogen) atoms. The fourth-order valence-electron chi connectivity index (χ4n) is 3.00. The summed E-state index contributed by atoms with van der Waals surface area (Å²) in [6, 6.07) is 4.13. The van der Waals surface area contributed by atoms with E-state index in [0.29, 0.717) is 0 Å². The van der Waals surface area contributed by atoms with Gasteiger partial charge >= 0.3 is 17.1 Å². The van der Waals surface area contributed by atoms with Crippen LogP contribution in [0.5, 0.6) is 0 Å². The summed E-state index contributed by atoms with van der Waals surface area (Å²) >= 11 is 0. The van der Waals surface area contributed by atoms with Crippen LogP contribution in [0.3, 0.4) is 0 Å². The smallest absolute Gasteiger partial charge is 1.00 e. The van der Waals surface area contributed by atoms with Crippen molar-refractivity contribution in [3.8, 4) is 0 Å². The summed E-state index contributed by atoms with van der Waals surface area (Å²) in [5.74, 6) is 0. The Morgan fingerprint density at radius 2 is 1.29 bits per heavy atom. The first kappa shape index (κ1) is 24.2. The molecule has 4 aliphatic heterocycles. The third-order valence-electron chi connectivity index (χ3n) is 4.10. The molecule has 4 nitrogen and oxygen atoms in total. The van der Waals surface area contributed by atoms with Gasteiger partial charge in [0.05, 0.1) is 34.6 Å². The number of hydrogen-bond acceptors (Lipinski definition) is 3. The van der Waals surface area contributed by atoms with Crippen molar-refractivity contribution in [1.29, 1.82) is 0 Å². The molecule has 0 amide bonds. The number of aliphatic imine (C=N–C) groups is 3. The number of H-pyrrole nitrogens is 1. The van der Waals surface area contributed by atoms with Gasteiger partial charge in [-0.15, -0.1) is 0 Å². The molecule has 5 heterocycles. The second-order valence-electron chi connectivity index (χ2n) is 5.96. The van der Waals surface area contributed by atoms with E-state index in [-0.39, 0.29) is 60.3 Å². The van der Waals surface area contributed by atoms with Gasteiger partial charge in [0, 0.05) is 10.7 Å². The zero-order valence-electron chi connectivity index (χ0n) is 14.4. The van der Waals surface area contributed by atoms with E-state index in [2.05, 4.69) is 32.1 Å². The van der Waals surface area contributed by atoms with Crippen molar-refractivity contribution in [3.05, 3.63) is 82.8 Å². The molecule has 1 unspecified atom stereocenters. The van der Waals surface area contributed by atoms with E-state index in [9.17, 15) is 0 Å². The van der Waals surface area contributed by atoms with Crippen molar-refractivity contribution in [1.82, 2.24) is 4.98 Å². The Kier molecular flexibility index (Phi) is 8.68. The molecule has 0 saturated heterocycles. The molecule has 1 aromatic rings. The maximum absolute atomic E-state index is 4.68. The minimum Gasteiger partial charge on any atom is -1.00 e. The molecule has 0 spiro atoms. The van der Waals surface area contributed by atoms with E-state index in [4.69, 9.17) is 0 Å². The van der Waals surface area contributed by atoms with Crippen molar-refractivity contribution in [2.75, 3.05) is 0 Å². The number of fused-ring (bicyclic) bond motifs is 5. The van der Waals surface area contributed by atoms with Crippen molar-refractivity contribution >= 4 is 29.3 Å². The average Bonchev–Trinajstić information content (AvgIpc) is 3.32. The van der Waals surface area contributed by atoms with Gasteiger partial charge in [-0.3, -0.25) is 4.99 Å². The minimum atomic E-state index is 0. The molecule has 1 aromatic heterocycles. The Bertz CT molecular complexity index is 1110. The predicted molar refractivity (Wildman–Crippen MR) is 98.7 cm³/mol. The first-order chi connectivity index (χ1) is 11.8. The van der Waals surface area contributed by atoms with Gasteiger partial charge in [-0.1, -0.05) is 6.08 Å². The number of hydrogen-bond donors (Lipinski definition) is 1. The number of allylic oxidation sites excluding steroid dienone is 6. The average molecular weight is 472 g/mol. The van der Waals surface area contributed by atoms with Crippen molar-refractivity contribution in [2.24, 2.45) is 15.0 Å². The van der Waals surface area contributed by atoms with Gasteiger partial charge in [-0.25, -0.2) is 9.98 Å². The van der Waals surface area contributed by atoms with Crippen LogP contribution in [0.25, 0.3) is 12.2 Å². The third kappa shape index (κ3) is 5.13. The van der Waals surface area contributed by atoms with Crippen LogP contribution in [0.1, 0.15) is 0 Å². The third-order valence-corrected chi connectivity index (χ3v) is 4.10. The Morgan fingerprint density at radius 3 is 1.96 bits per heavy atom.